The van der Waals surface area contributed by atoms with Crippen molar-refractivity contribution in [2.45, 2.75) is 19.8 Å². The van der Waals surface area contributed by atoms with Crippen molar-refractivity contribution in [2.24, 2.45) is 14.1 Å². The number of aryl methyl sites for hydroxylation is 5. The lowest BCUT2D eigenvalue weighted by atomic mass is 9.93. The van der Waals surface area contributed by atoms with E-state index >= 15 is 0 Å². The van der Waals surface area contributed by atoms with E-state index in [1.165, 1.54) is 39.0 Å². The van der Waals surface area contributed by atoms with E-state index in [4.69, 9.17) is 0 Å². The van der Waals surface area contributed by atoms with Crippen molar-refractivity contribution < 1.29 is 0 Å². The Balaban J connectivity index is 2.13. The summed E-state index contributed by atoms with van der Waals surface area (Å²) in [6, 6.07) is 6.72. The van der Waals surface area contributed by atoms with Crippen LogP contribution in [-0.4, -0.2) is 14.3 Å². The molecule has 0 fully saturated rings. The fourth-order valence-corrected chi connectivity index (χ4v) is 3.37. The number of rotatable bonds is 0. The Kier molecular flexibility index (Phi) is 2.00. The summed E-state index contributed by atoms with van der Waals surface area (Å²) < 4.78 is 4.23. The third kappa shape index (κ3) is 1.35. The van der Waals surface area contributed by atoms with Gasteiger partial charge in [0.1, 0.15) is 5.69 Å². The van der Waals surface area contributed by atoms with Crippen LogP contribution in [0.3, 0.4) is 0 Å². The Labute approximate surface area is 112 Å². The van der Waals surface area contributed by atoms with E-state index in [-0.39, 0.29) is 0 Å². The summed E-state index contributed by atoms with van der Waals surface area (Å²) in [5.74, 6) is 0. The van der Waals surface area contributed by atoms with Gasteiger partial charge in [0.25, 0.3) is 0 Å². The standard InChI is InChI=1S/C16H17N3/c1-10-4-7-14-13(8-10)12-6-5-11-9-18(2)17-15(11)16(12)19(14)3/h4,7-9H,5-6H2,1-3H3. The molecule has 3 nitrogen and oxygen atoms in total. The van der Waals surface area contributed by atoms with E-state index in [1.54, 1.807) is 0 Å². The van der Waals surface area contributed by atoms with Crippen molar-refractivity contribution in [1.29, 1.82) is 0 Å². The third-order valence-electron chi connectivity index (χ3n) is 4.23. The van der Waals surface area contributed by atoms with Crippen LogP contribution in [-0.2, 0) is 26.9 Å². The Morgan fingerprint density at radius 1 is 1.16 bits per heavy atom. The predicted molar refractivity (Wildman–Crippen MR) is 77.3 cm³/mol. The maximum absolute atomic E-state index is 4.67. The first-order chi connectivity index (χ1) is 9.15. The quantitative estimate of drug-likeness (QED) is 0.602. The lowest BCUT2D eigenvalue weighted by Gasteiger charge is -2.12. The molecule has 0 atom stereocenters. The highest BCUT2D eigenvalue weighted by Crippen LogP contribution is 2.38. The van der Waals surface area contributed by atoms with E-state index < -0.39 is 0 Å². The van der Waals surface area contributed by atoms with Gasteiger partial charge in [0.2, 0.25) is 0 Å². The molecule has 0 aliphatic heterocycles. The highest BCUT2D eigenvalue weighted by Gasteiger charge is 2.25. The SMILES string of the molecule is Cc1ccc2c(c1)c1c(n2C)-c2nn(C)cc2CC1. The fourth-order valence-electron chi connectivity index (χ4n) is 3.37. The van der Waals surface area contributed by atoms with Gasteiger partial charge < -0.3 is 4.57 Å². The number of hydrogen-bond acceptors (Lipinski definition) is 1. The number of fused-ring (bicyclic) bond motifs is 5. The normalized spacial score (nSPS) is 13.6. The molecule has 0 saturated heterocycles. The molecule has 1 aliphatic carbocycles. The average Bonchev–Trinajstić information content (AvgIpc) is 2.88. The molecule has 2 aromatic heterocycles. The number of benzene rings is 1. The molecule has 3 heteroatoms. The van der Waals surface area contributed by atoms with Crippen LogP contribution in [0, 0.1) is 6.92 Å². The Hall–Kier alpha value is -2.03. The van der Waals surface area contributed by atoms with Gasteiger partial charge in [-0.15, -0.1) is 0 Å². The van der Waals surface area contributed by atoms with Gasteiger partial charge in [-0.2, -0.15) is 5.10 Å². The van der Waals surface area contributed by atoms with Gasteiger partial charge in [-0.1, -0.05) is 11.6 Å². The van der Waals surface area contributed by atoms with Crippen molar-refractivity contribution in [3.8, 4) is 11.4 Å². The summed E-state index contributed by atoms with van der Waals surface area (Å²) in [5.41, 5.74) is 7.95. The van der Waals surface area contributed by atoms with Crippen molar-refractivity contribution in [3.05, 3.63) is 41.1 Å². The summed E-state index contributed by atoms with van der Waals surface area (Å²) in [5, 5.41) is 6.06. The van der Waals surface area contributed by atoms with Gasteiger partial charge in [0.05, 0.1) is 5.69 Å². The van der Waals surface area contributed by atoms with E-state index in [1.807, 2.05) is 11.7 Å². The monoisotopic (exact) mass is 251 g/mol. The second-order valence-corrected chi connectivity index (χ2v) is 5.58. The van der Waals surface area contributed by atoms with Crippen molar-refractivity contribution in [1.82, 2.24) is 14.3 Å². The van der Waals surface area contributed by atoms with Crippen LogP contribution in [0.2, 0.25) is 0 Å². The summed E-state index contributed by atoms with van der Waals surface area (Å²) in [6.45, 7) is 2.16. The maximum atomic E-state index is 4.67. The lowest BCUT2D eigenvalue weighted by molar-refractivity contribution is 0.767. The highest BCUT2D eigenvalue weighted by molar-refractivity contribution is 5.93. The van der Waals surface area contributed by atoms with Crippen LogP contribution in [0.15, 0.2) is 24.4 Å². The van der Waals surface area contributed by atoms with Crippen molar-refractivity contribution in [2.75, 3.05) is 0 Å². The molecule has 0 saturated carbocycles. The fraction of sp³-hybridized carbons (Fsp3) is 0.312. The molecular weight excluding hydrogens is 234 g/mol. The topological polar surface area (TPSA) is 22.8 Å². The van der Waals surface area contributed by atoms with E-state index in [9.17, 15) is 0 Å². The third-order valence-corrected chi connectivity index (χ3v) is 4.23. The van der Waals surface area contributed by atoms with Crippen LogP contribution in [0.4, 0.5) is 0 Å². The summed E-state index contributed by atoms with van der Waals surface area (Å²) in [4.78, 5) is 0. The van der Waals surface area contributed by atoms with E-state index in [0.29, 0.717) is 0 Å². The second kappa shape index (κ2) is 3.50. The first-order valence-electron chi connectivity index (χ1n) is 6.76. The summed E-state index contributed by atoms with van der Waals surface area (Å²) in [7, 11) is 4.16. The van der Waals surface area contributed by atoms with Gasteiger partial charge >= 0.3 is 0 Å². The molecular formula is C16H17N3. The molecule has 0 amide bonds. The van der Waals surface area contributed by atoms with Crippen LogP contribution in [0.25, 0.3) is 22.3 Å². The Morgan fingerprint density at radius 2 is 2.00 bits per heavy atom. The second-order valence-electron chi connectivity index (χ2n) is 5.58. The van der Waals surface area contributed by atoms with E-state index in [2.05, 4.69) is 48.0 Å². The molecule has 19 heavy (non-hydrogen) atoms. The molecule has 4 rings (SSSR count). The van der Waals surface area contributed by atoms with Crippen molar-refractivity contribution in [3.63, 3.8) is 0 Å². The van der Waals surface area contributed by atoms with Crippen LogP contribution in [0.1, 0.15) is 16.7 Å². The molecule has 3 aromatic rings. The molecule has 0 spiro atoms. The van der Waals surface area contributed by atoms with Gasteiger partial charge in [-0.05, 0) is 43.0 Å². The molecule has 0 bridgehead atoms. The van der Waals surface area contributed by atoms with Crippen LogP contribution < -0.4 is 0 Å². The predicted octanol–water partition coefficient (Wildman–Crippen LogP) is 2.99. The molecule has 2 heterocycles. The minimum absolute atomic E-state index is 1.10. The zero-order valence-electron chi connectivity index (χ0n) is 11.6. The minimum Gasteiger partial charge on any atom is -0.342 e. The first kappa shape index (κ1) is 10.9. The Bertz CT molecular complexity index is 805. The molecule has 0 unspecified atom stereocenters. The average molecular weight is 251 g/mol. The van der Waals surface area contributed by atoms with Crippen LogP contribution >= 0.6 is 0 Å². The van der Waals surface area contributed by atoms with Gasteiger partial charge in [-0.25, -0.2) is 0 Å². The largest absolute Gasteiger partial charge is 0.342 e. The summed E-state index contributed by atoms with van der Waals surface area (Å²) >= 11 is 0. The zero-order chi connectivity index (χ0) is 13.1. The maximum Gasteiger partial charge on any atom is 0.112 e. The highest BCUT2D eigenvalue weighted by atomic mass is 15.3. The lowest BCUT2D eigenvalue weighted by Crippen LogP contribution is -2.04. The van der Waals surface area contributed by atoms with E-state index in [0.717, 1.165) is 12.8 Å². The Morgan fingerprint density at radius 3 is 2.84 bits per heavy atom. The number of nitrogens with zero attached hydrogens (tertiary/aromatic N) is 3. The first-order valence-corrected chi connectivity index (χ1v) is 6.76. The molecule has 1 aromatic carbocycles. The molecule has 96 valence electrons. The van der Waals surface area contributed by atoms with Gasteiger partial charge in [-0.3, -0.25) is 4.68 Å². The molecule has 1 aliphatic rings. The minimum atomic E-state index is 1.10. The van der Waals surface area contributed by atoms with Crippen LogP contribution in [0.5, 0.6) is 0 Å². The van der Waals surface area contributed by atoms with Crippen molar-refractivity contribution >= 4 is 10.9 Å². The van der Waals surface area contributed by atoms with Gasteiger partial charge in [0.15, 0.2) is 0 Å². The number of hydrogen-bond donors (Lipinski definition) is 0. The summed E-state index contributed by atoms with van der Waals surface area (Å²) in [6.07, 6.45) is 4.37. The number of aromatic nitrogens is 3. The molecule has 0 radical (unpaired) electrons. The zero-order valence-corrected chi connectivity index (χ0v) is 11.6. The smallest absolute Gasteiger partial charge is 0.112 e. The molecule has 0 N–H and O–H groups in total. The van der Waals surface area contributed by atoms with Gasteiger partial charge in [0, 0.05) is 31.2 Å².